The third-order valence-corrected chi connectivity index (χ3v) is 4.82. The van der Waals surface area contributed by atoms with Crippen LogP contribution in [0, 0.1) is 6.57 Å². The van der Waals surface area contributed by atoms with Crippen LogP contribution in [0.3, 0.4) is 0 Å². The normalized spacial score (nSPS) is 19.1. The van der Waals surface area contributed by atoms with E-state index in [9.17, 15) is 9.59 Å². The van der Waals surface area contributed by atoms with Crippen LogP contribution in [0.1, 0.15) is 35.1 Å². The van der Waals surface area contributed by atoms with Crippen LogP contribution in [0.2, 0.25) is 5.02 Å². The maximum absolute atomic E-state index is 12.6. The smallest absolute Gasteiger partial charge is 0.231 e. The van der Waals surface area contributed by atoms with Crippen LogP contribution in [-0.4, -0.2) is 39.6 Å². The van der Waals surface area contributed by atoms with E-state index in [4.69, 9.17) is 23.9 Å². The molecule has 3 heterocycles. The van der Waals surface area contributed by atoms with Crippen molar-refractivity contribution in [2.45, 2.75) is 25.3 Å². The zero-order chi connectivity index (χ0) is 20.5. The monoisotopic (exact) mass is 396 g/mol. The Morgan fingerprint density at radius 2 is 2.18 bits per heavy atom. The van der Waals surface area contributed by atoms with Crippen LogP contribution in [0.5, 0.6) is 0 Å². The van der Waals surface area contributed by atoms with Gasteiger partial charge in [0.05, 0.1) is 23.7 Å². The Balaban J connectivity index is 1.87. The molecule has 2 aromatic heterocycles. The highest BCUT2D eigenvalue weighted by Gasteiger charge is 2.37. The Labute approximate surface area is 166 Å². The lowest BCUT2D eigenvalue weighted by atomic mass is 9.90. The average molecular weight is 397 g/mol. The second kappa shape index (κ2) is 7.37. The van der Waals surface area contributed by atoms with Crippen LogP contribution in [0.15, 0.2) is 35.6 Å². The van der Waals surface area contributed by atoms with Crippen LogP contribution < -0.4 is 5.73 Å². The Morgan fingerprint density at radius 3 is 2.82 bits per heavy atom. The number of hydrogen-bond acceptors (Lipinski definition) is 6. The molecular formula is C19H17ClN6O2. The van der Waals surface area contributed by atoms with Gasteiger partial charge in [-0.1, -0.05) is 11.6 Å². The maximum atomic E-state index is 12.6. The van der Waals surface area contributed by atoms with E-state index in [-0.39, 0.29) is 46.9 Å². The zero-order valence-electron chi connectivity index (χ0n) is 15.3. The number of halogens is 1. The molecule has 8 nitrogen and oxygen atoms in total. The van der Waals surface area contributed by atoms with Gasteiger partial charge in [0.25, 0.3) is 0 Å². The SMILES string of the molecule is [C-]#[N+]c1cnc(C(=O)Cc2ccnc(C3(C)CC(=O)N(C)C(N)=N3)c2)c(Cl)c1. The van der Waals surface area contributed by atoms with Crippen LogP contribution >= 0.6 is 11.6 Å². The first kappa shape index (κ1) is 19.5. The van der Waals surface area contributed by atoms with Gasteiger partial charge in [-0.25, -0.2) is 9.84 Å². The minimum atomic E-state index is -0.903. The number of hydrogen-bond donors (Lipinski definition) is 1. The summed E-state index contributed by atoms with van der Waals surface area (Å²) in [5.41, 5.74) is 6.55. The minimum Gasteiger partial charge on any atom is -0.369 e. The number of amides is 1. The molecule has 3 rings (SSSR count). The van der Waals surface area contributed by atoms with Crippen molar-refractivity contribution in [3.63, 3.8) is 0 Å². The van der Waals surface area contributed by atoms with E-state index in [0.29, 0.717) is 11.3 Å². The van der Waals surface area contributed by atoms with Crippen LogP contribution in [0.25, 0.3) is 4.85 Å². The van der Waals surface area contributed by atoms with Crippen molar-refractivity contribution in [3.8, 4) is 0 Å². The summed E-state index contributed by atoms with van der Waals surface area (Å²) in [5.74, 6) is -0.321. The lowest BCUT2D eigenvalue weighted by Crippen LogP contribution is -2.47. The van der Waals surface area contributed by atoms with Gasteiger partial charge in [-0.2, -0.15) is 0 Å². The second-order valence-electron chi connectivity index (χ2n) is 6.66. The van der Waals surface area contributed by atoms with Crippen molar-refractivity contribution in [1.29, 1.82) is 0 Å². The van der Waals surface area contributed by atoms with Crippen LogP contribution in [-0.2, 0) is 16.8 Å². The Hall–Kier alpha value is -3.31. The van der Waals surface area contributed by atoms with E-state index >= 15 is 0 Å². The van der Waals surface area contributed by atoms with Gasteiger partial charge in [0.1, 0.15) is 11.2 Å². The molecule has 1 aliphatic heterocycles. The highest BCUT2D eigenvalue weighted by atomic mass is 35.5. The van der Waals surface area contributed by atoms with Gasteiger partial charge >= 0.3 is 0 Å². The summed E-state index contributed by atoms with van der Waals surface area (Å²) in [6, 6.07) is 4.85. The summed E-state index contributed by atoms with van der Waals surface area (Å²) in [4.78, 5) is 42.0. The summed E-state index contributed by atoms with van der Waals surface area (Å²) in [6.07, 6.45) is 3.05. The minimum absolute atomic E-state index is 0.0444. The van der Waals surface area contributed by atoms with Crippen LogP contribution in [0.4, 0.5) is 5.69 Å². The number of nitrogens with two attached hydrogens (primary N) is 1. The maximum Gasteiger partial charge on any atom is 0.231 e. The summed E-state index contributed by atoms with van der Waals surface area (Å²) < 4.78 is 0. The third-order valence-electron chi connectivity index (χ3n) is 4.54. The largest absolute Gasteiger partial charge is 0.369 e. The molecule has 1 atom stereocenters. The number of rotatable bonds is 4. The lowest BCUT2D eigenvalue weighted by molar-refractivity contribution is -0.128. The molecule has 0 bridgehead atoms. The predicted molar refractivity (Wildman–Crippen MR) is 104 cm³/mol. The number of aromatic nitrogens is 2. The Kier molecular flexibility index (Phi) is 5.12. The number of pyridine rings is 2. The quantitative estimate of drug-likeness (QED) is 0.631. The third kappa shape index (κ3) is 3.70. The second-order valence-corrected chi connectivity index (χ2v) is 7.07. The molecule has 0 saturated heterocycles. The van der Waals surface area contributed by atoms with Gasteiger partial charge in [-0.3, -0.25) is 24.5 Å². The Morgan fingerprint density at radius 1 is 1.43 bits per heavy atom. The zero-order valence-corrected chi connectivity index (χ0v) is 16.1. The number of nitrogens with zero attached hydrogens (tertiary/aromatic N) is 5. The van der Waals surface area contributed by atoms with E-state index in [0.717, 1.165) is 0 Å². The molecule has 2 N–H and O–H groups in total. The van der Waals surface area contributed by atoms with Crippen molar-refractivity contribution in [2.24, 2.45) is 10.7 Å². The first-order valence-corrected chi connectivity index (χ1v) is 8.75. The molecule has 0 aliphatic carbocycles. The molecule has 9 heteroatoms. The number of carbonyl (C=O) groups excluding carboxylic acids is 2. The number of ketones is 1. The van der Waals surface area contributed by atoms with Gasteiger partial charge in [0, 0.05) is 25.9 Å². The summed E-state index contributed by atoms with van der Waals surface area (Å²) >= 11 is 6.08. The first-order chi connectivity index (χ1) is 13.2. The fourth-order valence-electron chi connectivity index (χ4n) is 2.90. The van der Waals surface area contributed by atoms with Gasteiger partial charge in [-0.05, 0) is 30.7 Å². The van der Waals surface area contributed by atoms with E-state index in [1.807, 2.05) is 0 Å². The number of Topliss-reactive ketones (excluding diaryl/α,β-unsaturated/α-hetero) is 1. The highest BCUT2D eigenvalue weighted by Crippen LogP contribution is 2.32. The molecule has 0 aromatic carbocycles. The van der Waals surface area contributed by atoms with Crippen molar-refractivity contribution >= 4 is 34.9 Å². The molecule has 0 fully saturated rings. The van der Waals surface area contributed by atoms with Crippen molar-refractivity contribution in [1.82, 2.24) is 14.9 Å². The molecule has 28 heavy (non-hydrogen) atoms. The molecule has 0 radical (unpaired) electrons. The molecule has 0 saturated carbocycles. The summed E-state index contributed by atoms with van der Waals surface area (Å²) in [7, 11) is 1.57. The molecule has 0 spiro atoms. The van der Waals surface area contributed by atoms with Crippen molar-refractivity contribution < 1.29 is 9.59 Å². The Bertz CT molecular complexity index is 1040. The van der Waals surface area contributed by atoms with Gasteiger partial charge in [0.15, 0.2) is 11.7 Å². The standard InChI is InChI=1S/C19H17ClN6O2/c1-19(9-16(28)26(3)18(21)25-19)15-7-11(4-5-23-15)6-14(27)17-13(20)8-12(22-2)10-24-17/h4-5,7-8,10H,6,9H2,1,3H3,(H2,21,25). The predicted octanol–water partition coefficient (Wildman–Crippen LogP) is 2.50. The molecule has 1 unspecified atom stereocenters. The van der Waals surface area contributed by atoms with Gasteiger partial charge < -0.3 is 5.73 Å². The number of aliphatic imine (C=N–C) groups is 1. The van der Waals surface area contributed by atoms with Crippen molar-refractivity contribution in [2.75, 3.05) is 7.05 Å². The van der Waals surface area contributed by atoms with Gasteiger partial charge in [-0.15, -0.1) is 0 Å². The molecule has 142 valence electrons. The molecule has 2 aromatic rings. The summed E-state index contributed by atoms with van der Waals surface area (Å²) in [6.45, 7) is 8.74. The first-order valence-electron chi connectivity index (χ1n) is 8.37. The van der Waals surface area contributed by atoms with E-state index < -0.39 is 5.54 Å². The van der Waals surface area contributed by atoms with E-state index in [2.05, 4.69) is 19.8 Å². The topological polar surface area (TPSA) is 106 Å². The van der Waals surface area contributed by atoms with E-state index in [1.165, 1.54) is 17.2 Å². The van der Waals surface area contributed by atoms with Gasteiger partial charge in [0.2, 0.25) is 11.6 Å². The molecular weight excluding hydrogens is 380 g/mol. The lowest BCUT2D eigenvalue weighted by Gasteiger charge is -2.32. The molecule has 1 aliphatic rings. The molecule has 1 amide bonds. The average Bonchev–Trinajstić information content (AvgIpc) is 2.66. The number of carbonyl (C=O) groups is 2. The van der Waals surface area contributed by atoms with E-state index in [1.54, 1.807) is 32.3 Å². The van der Waals surface area contributed by atoms with Crippen molar-refractivity contribution in [3.05, 3.63) is 64.0 Å². The fraction of sp³-hybridized carbons (Fsp3) is 0.263. The fourth-order valence-corrected chi connectivity index (χ4v) is 3.16. The number of guanidine groups is 1. The summed E-state index contributed by atoms with van der Waals surface area (Å²) in [5, 5.41) is 0.137. The highest BCUT2D eigenvalue weighted by molar-refractivity contribution is 6.33.